The first-order valence-electron chi connectivity index (χ1n) is 6.57. The molecule has 0 atom stereocenters. The highest BCUT2D eigenvalue weighted by molar-refractivity contribution is 6.66. The summed E-state index contributed by atoms with van der Waals surface area (Å²) in [6, 6.07) is 0. The fraction of sp³-hybridized carbons (Fsp3) is 0.846. The molecule has 4 heteroatoms. The maximum atomic E-state index is 5.30. The van der Waals surface area contributed by atoms with E-state index >= 15 is 0 Å². The molecular weight excluding hydrogens is 232 g/mol. The van der Waals surface area contributed by atoms with Crippen LogP contribution in [0, 0.1) is 0 Å². The minimum atomic E-state index is -2.48. The molecule has 0 spiro atoms. The lowest BCUT2D eigenvalue weighted by molar-refractivity contribution is 0.138. The molecule has 0 amide bonds. The lowest BCUT2D eigenvalue weighted by atomic mass is 10.1. The van der Waals surface area contributed by atoms with E-state index in [0.717, 1.165) is 6.42 Å². The molecule has 0 aromatic heterocycles. The van der Waals surface area contributed by atoms with Gasteiger partial charge in [-0.05, 0) is 18.5 Å². The lowest BCUT2D eigenvalue weighted by Gasteiger charge is -2.20. The van der Waals surface area contributed by atoms with E-state index in [9.17, 15) is 0 Å². The predicted molar refractivity (Wildman–Crippen MR) is 73.9 cm³/mol. The zero-order valence-corrected chi connectivity index (χ0v) is 12.8. The van der Waals surface area contributed by atoms with Crippen LogP contribution in [0.25, 0.3) is 0 Å². The molecule has 0 aromatic carbocycles. The Bertz CT molecular complexity index is 183. The fourth-order valence-corrected chi connectivity index (χ4v) is 3.09. The number of hydrogen-bond acceptors (Lipinski definition) is 3. The van der Waals surface area contributed by atoms with Crippen LogP contribution in [0.15, 0.2) is 11.8 Å². The van der Waals surface area contributed by atoms with E-state index in [-0.39, 0.29) is 0 Å². The first kappa shape index (κ1) is 16.8. The Labute approximate surface area is 108 Å². The molecule has 102 valence electrons. The Morgan fingerprint density at radius 3 is 1.88 bits per heavy atom. The highest BCUT2D eigenvalue weighted by atomic mass is 28.4. The van der Waals surface area contributed by atoms with Gasteiger partial charge in [-0.1, -0.05) is 45.1 Å². The van der Waals surface area contributed by atoms with Crippen molar-refractivity contribution in [2.24, 2.45) is 0 Å². The van der Waals surface area contributed by atoms with Crippen molar-refractivity contribution < 1.29 is 13.3 Å². The van der Waals surface area contributed by atoms with Gasteiger partial charge >= 0.3 is 8.80 Å². The van der Waals surface area contributed by atoms with E-state index in [1.807, 2.05) is 5.70 Å². The third kappa shape index (κ3) is 7.71. The van der Waals surface area contributed by atoms with Gasteiger partial charge in [0, 0.05) is 21.3 Å². The maximum Gasteiger partial charge on any atom is 0.528 e. The van der Waals surface area contributed by atoms with E-state index in [4.69, 9.17) is 13.3 Å². The third-order valence-corrected chi connectivity index (χ3v) is 5.25. The van der Waals surface area contributed by atoms with Crippen molar-refractivity contribution in [3.05, 3.63) is 11.8 Å². The summed E-state index contributed by atoms with van der Waals surface area (Å²) in [6.45, 7) is 2.24. The standard InChI is InChI=1S/C13H28O3Si/c1-5-6-7-8-9-10-11-12-13-17(14-2,15-3)16-4/h12-13H,5-11H2,1-4H3/b13-12-. The molecule has 0 saturated heterocycles. The van der Waals surface area contributed by atoms with E-state index < -0.39 is 8.80 Å². The second-order valence-corrected chi connectivity index (χ2v) is 6.94. The van der Waals surface area contributed by atoms with Crippen LogP contribution in [0.1, 0.15) is 51.9 Å². The highest BCUT2D eigenvalue weighted by Crippen LogP contribution is 2.11. The number of unbranched alkanes of at least 4 members (excludes halogenated alkanes) is 6. The molecule has 0 aliphatic carbocycles. The van der Waals surface area contributed by atoms with E-state index in [1.165, 1.54) is 38.5 Å². The summed E-state index contributed by atoms with van der Waals surface area (Å²) in [5, 5.41) is 0. The van der Waals surface area contributed by atoms with Crippen molar-refractivity contribution in [2.75, 3.05) is 21.3 Å². The van der Waals surface area contributed by atoms with E-state index in [2.05, 4.69) is 13.0 Å². The normalized spacial score (nSPS) is 12.5. The van der Waals surface area contributed by atoms with E-state index in [1.54, 1.807) is 21.3 Å². The highest BCUT2D eigenvalue weighted by Gasteiger charge is 2.33. The van der Waals surface area contributed by atoms with Gasteiger partial charge in [0.05, 0.1) is 0 Å². The fourth-order valence-electron chi connectivity index (χ4n) is 1.72. The van der Waals surface area contributed by atoms with Gasteiger partial charge in [0.1, 0.15) is 0 Å². The molecule has 17 heavy (non-hydrogen) atoms. The number of hydrogen-bond donors (Lipinski definition) is 0. The van der Waals surface area contributed by atoms with E-state index in [0.29, 0.717) is 0 Å². The SMILES string of the molecule is CCCCCCCC/C=C\[Si](OC)(OC)OC. The first-order chi connectivity index (χ1) is 8.24. The molecule has 0 aliphatic heterocycles. The Hall–Kier alpha value is -0.163. The number of allylic oxidation sites excluding steroid dienone is 1. The summed E-state index contributed by atoms with van der Waals surface area (Å²) in [5.74, 6) is 0. The topological polar surface area (TPSA) is 27.7 Å². The monoisotopic (exact) mass is 260 g/mol. The summed E-state index contributed by atoms with van der Waals surface area (Å²) in [4.78, 5) is 0. The van der Waals surface area contributed by atoms with Gasteiger partial charge in [-0.3, -0.25) is 0 Å². The zero-order valence-electron chi connectivity index (χ0n) is 11.8. The van der Waals surface area contributed by atoms with Gasteiger partial charge < -0.3 is 13.3 Å². The van der Waals surface area contributed by atoms with Crippen LogP contribution in [0.5, 0.6) is 0 Å². The Kier molecular flexibility index (Phi) is 10.9. The van der Waals surface area contributed by atoms with Gasteiger partial charge in [0.25, 0.3) is 0 Å². The largest absolute Gasteiger partial charge is 0.528 e. The van der Waals surface area contributed by atoms with Crippen molar-refractivity contribution in [1.82, 2.24) is 0 Å². The molecule has 0 unspecified atom stereocenters. The van der Waals surface area contributed by atoms with Gasteiger partial charge in [0.2, 0.25) is 0 Å². The quantitative estimate of drug-likeness (QED) is 0.419. The molecule has 0 bridgehead atoms. The van der Waals surface area contributed by atoms with Crippen molar-refractivity contribution >= 4 is 8.80 Å². The molecule has 3 nitrogen and oxygen atoms in total. The van der Waals surface area contributed by atoms with Crippen LogP contribution >= 0.6 is 0 Å². The van der Waals surface area contributed by atoms with Crippen molar-refractivity contribution in [3.63, 3.8) is 0 Å². The third-order valence-electron chi connectivity index (χ3n) is 2.90. The molecule has 0 rings (SSSR count). The van der Waals surface area contributed by atoms with Crippen LogP contribution in [0.2, 0.25) is 0 Å². The number of rotatable bonds is 11. The molecular formula is C13H28O3Si. The van der Waals surface area contributed by atoms with Crippen LogP contribution in [-0.2, 0) is 13.3 Å². The van der Waals surface area contributed by atoms with Crippen LogP contribution in [-0.4, -0.2) is 30.1 Å². The molecule has 0 heterocycles. The average molecular weight is 260 g/mol. The maximum absolute atomic E-state index is 5.30. The zero-order chi connectivity index (χ0) is 13.0. The van der Waals surface area contributed by atoms with Crippen molar-refractivity contribution in [1.29, 1.82) is 0 Å². The summed E-state index contributed by atoms with van der Waals surface area (Å²) in [6.07, 6.45) is 11.1. The molecule has 0 aliphatic rings. The summed E-state index contributed by atoms with van der Waals surface area (Å²) in [5.41, 5.74) is 1.97. The summed E-state index contributed by atoms with van der Waals surface area (Å²) >= 11 is 0. The smallest absolute Gasteiger partial charge is 0.374 e. The van der Waals surface area contributed by atoms with Gasteiger partial charge in [-0.2, -0.15) is 0 Å². The molecule has 0 saturated carbocycles. The lowest BCUT2D eigenvalue weighted by Crippen LogP contribution is -2.40. The molecule has 0 fully saturated rings. The first-order valence-corrected chi connectivity index (χ1v) is 8.38. The second kappa shape index (κ2) is 11.0. The molecule has 0 aromatic rings. The molecule has 0 radical (unpaired) electrons. The summed E-state index contributed by atoms with van der Waals surface area (Å²) in [7, 11) is 2.42. The van der Waals surface area contributed by atoms with Crippen LogP contribution < -0.4 is 0 Å². The Morgan fingerprint density at radius 1 is 0.824 bits per heavy atom. The average Bonchev–Trinajstić information content (AvgIpc) is 2.38. The Balaban J connectivity index is 3.64. The van der Waals surface area contributed by atoms with Gasteiger partial charge in [-0.15, -0.1) is 0 Å². The molecule has 0 N–H and O–H groups in total. The van der Waals surface area contributed by atoms with Crippen molar-refractivity contribution in [3.8, 4) is 0 Å². The second-order valence-electron chi connectivity index (χ2n) is 4.17. The van der Waals surface area contributed by atoms with Crippen molar-refractivity contribution in [2.45, 2.75) is 51.9 Å². The Morgan fingerprint density at radius 2 is 1.35 bits per heavy atom. The predicted octanol–water partition coefficient (Wildman–Crippen LogP) is 3.71. The summed E-state index contributed by atoms with van der Waals surface area (Å²) < 4.78 is 15.9. The van der Waals surface area contributed by atoms with Crippen LogP contribution in [0.4, 0.5) is 0 Å². The van der Waals surface area contributed by atoms with Gasteiger partial charge in [-0.25, -0.2) is 0 Å². The minimum absolute atomic E-state index is 1.08. The van der Waals surface area contributed by atoms with Crippen LogP contribution in [0.3, 0.4) is 0 Å². The van der Waals surface area contributed by atoms with Gasteiger partial charge in [0.15, 0.2) is 0 Å². The minimum Gasteiger partial charge on any atom is -0.374 e.